The third kappa shape index (κ3) is 4.75. The highest BCUT2D eigenvalue weighted by Crippen LogP contribution is 2.14. The second kappa shape index (κ2) is 5.99. The van der Waals surface area contributed by atoms with Crippen LogP contribution in [0.3, 0.4) is 0 Å². The first kappa shape index (κ1) is 13.2. The van der Waals surface area contributed by atoms with Crippen LogP contribution in [0.25, 0.3) is 0 Å². The third-order valence-corrected chi connectivity index (χ3v) is 2.27. The van der Waals surface area contributed by atoms with Crippen LogP contribution in [0, 0.1) is 0 Å². The van der Waals surface area contributed by atoms with Gasteiger partial charge in [-0.1, -0.05) is 30.3 Å². The molecule has 0 saturated carbocycles. The van der Waals surface area contributed by atoms with Crippen molar-refractivity contribution >= 4 is 0 Å². The molecule has 0 saturated heterocycles. The number of ether oxygens (including phenoxy) is 3. The average molecular weight is 224 g/mol. The lowest BCUT2D eigenvalue weighted by Crippen LogP contribution is -2.32. The Morgan fingerprint density at radius 1 is 1.19 bits per heavy atom. The van der Waals surface area contributed by atoms with Crippen molar-refractivity contribution in [2.75, 3.05) is 7.11 Å². The van der Waals surface area contributed by atoms with E-state index in [-0.39, 0.29) is 6.29 Å². The van der Waals surface area contributed by atoms with E-state index in [9.17, 15) is 0 Å². The van der Waals surface area contributed by atoms with E-state index in [2.05, 4.69) is 0 Å². The van der Waals surface area contributed by atoms with Crippen molar-refractivity contribution < 1.29 is 14.2 Å². The van der Waals surface area contributed by atoms with Gasteiger partial charge in [-0.3, -0.25) is 0 Å². The van der Waals surface area contributed by atoms with E-state index in [0.29, 0.717) is 6.61 Å². The van der Waals surface area contributed by atoms with E-state index in [1.165, 1.54) is 0 Å². The van der Waals surface area contributed by atoms with Crippen molar-refractivity contribution in [3.05, 3.63) is 35.9 Å². The van der Waals surface area contributed by atoms with Gasteiger partial charge in [-0.2, -0.15) is 0 Å². The molecule has 0 aromatic heterocycles. The van der Waals surface area contributed by atoms with Gasteiger partial charge in [-0.15, -0.1) is 0 Å². The van der Waals surface area contributed by atoms with Gasteiger partial charge in [0.2, 0.25) is 0 Å². The molecule has 0 N–H and O–H groups in total. The Balaban J connectivity index is 2.33. The lowest BCUT2D eigenvalue weighted by Gasteiger charge is -2.27. The summed E-state index contributed by atoms with van der Waals surface area (Å²) in [5.74, 6) is -0.615. The van der Waals surface area contributed by atoms with Crippen LogP contribution in [0.5, 0.6) is 0 Å². The van der Waals surface area contributed by atoms with Crippen LogP contribution in [-0.2, 0) is 20.8 Å². The summed E-state index contributed by atoms with van der Waals surface area (Å²) < 4.78 is 16.3. The molecule has 0 aliphatic carbocycles. The average Bonchev–Trinajstić information content (AvgIpc) is 2.27. The molecule has 3 nitrogen and oxygen atoms in total. The maximum atomic E-state index is 5.56. The summed E-state index contributed by atoms with van der Waals surface area (Å²) in [6.45, 7) is 6.12. The van der Waals surface area contributed by atoms with Gasteiger partial charge in [0.15, 0.2) is 12.1 Å². The minimum atomic E-state index is -0.615. The van der Waals surface area contributed by atoms with Crippen molar-refractivity contribution in [1.82, 2.24) is 0 Å². The Morgan fingerprint density at radius 3 is 2.38 bits per heavy atom. The zero-order valence-electron chi connectivity index (χ0n) is 10.4. The lowest BCUT2D eigenvalue weighted by molar-refractivity contribution is -0.281. The van der Waals surface area contributed by atoms with E-state index in [4.69, 9.17) is 14.2 Å². The van der Waals surface area contributed by atoms with Gasteiger partial charge in [0.05, 0.1) is 6.61 Å². The zero-order valence-corrected chi connectivity index (χ0v) is 10.4. The molecular formula is C13H20O3. The van der Waals surface area contributed by atoms with Gasteiger partial charge in [0.1, 0.15) is 0 Å². The van der Waals surface area contributed by atoms with E-state index >= 15 is 0 Å². The first-order valence-electron chi connectivity index (χ1n) is 5.42. The molecule has 1 aromatic rings. The monoisotopic (exact) mass is 224 g/mol. The van der Waals surface area contributed by atoms with Crippen molar-refractivity contribution in [2.45, 2.75) is 39.5 Å². The number of benzene rings is 1. The molecule has 0 amide bonds. The number of methoxy groups -OCH3 is 1. The molecule has 0 bridgehead atoms. The molecule has 90 valence electrons. The molecule has 16 heavy (non-hydrogen) atoms. The largest absolute Gasteiger partial charge is 0.354 e. The molecule has 1 atom stereocenters. The molecule has 0 fully saturated rings. The topological polar surface area (TPSA) is 27.7 Å². The molecule has 0 aliphatic rings. The maximum absolute atomic E-state index is 5.56. The van der Waals surface area contributed by atoms with Crippen LogP contribution in [0.1, 0.15) is 26.3 Å². The first-order valence-corrected chi connectivity index (χ1v) is 5.42. The minimum Gasteiger partial charge on any atom is -0.354 e. The standard InChI is InChI=1S/C13H20O3/c1-11(16-13(2,3)14-4)15-10-12-8-6-5-7-9-12/h5-9,11H,10H2,1-4H3. The molecule has 1 rings (SSSR count). The van der Waals surface area contributed by atoms with E-state index in [1.807, 2.05) is 51.1 Å². The van der Waals surface area contributed by atoms with Gasteiger partial charge in [-0.25, -0.2) is 0 Å². The van der Waals surface area contributed by atoms with E-state index < -0.39 is 5.79 Å². The first-order chi connectivity index (χ1) is 7.53. The third-order valence-electron chi connectivity index (χ3n) is 2.27. The summed E-state index contributed by atoms with van der Waals surface area (Å²) >= 11 is 0. The summed E-state index contributed by atoms with van der Waals surface area (Å²) in [6.07, 6.45) is -0.296. The second-order valence-electron chi connectivity index (χ2n) is 4.09. The Morgan fingerprint density at radius 2 is 1.81 bits per heavy atom. The fourth-order valence-electron chi connectivity index (χ4n) is 1.27. The van der Waals surface area contributed by atoms with E-state index in [0.717, 1.165) is 5.56 Å². The van der Waals surface area contributed by atoms with Gasteiger partial charge in [-0.05, 0) is 26.3 Å². The number of rotatable bonds is 6. The molecule has 0 spiro atoms. The Hall–Kier alpha value is -0.900. The summed E-state index contributed by atoms with van der Waals surface area (Å²) in [6, 6.07) is 10.0. The van der Waals surface area contributed by atoms with Crippen LogP contribution >= 0.6 is 0 Å². The highest BCUT2D eigenvalue weighted by molar-refractivity contribution is 5.13. The predicted octanol–water partition coefficient (Wildman–Crippen LogP) is 2.95. The molecule has 0 heterocycles. The number of hydrogen-bond donors (Lipinski definition) is 0. The van der Waals surface area contributed by atoms with Crippen LogP contribution in [-0.4, -0.2) is 19.2 Å². The molecule has 1 aromatic carbocycles. The highest BCUT2D eigenvalue weighted by atomic mass is 16.8. The Bertz CT molecular complexity index is 295. The molecule has 0 radical (unpaired) electrons. The van der Waals surface area contributed by atoms with Gasteiger partial charge in [0, 0.05) is 7.11 Å². The SMILES string of the molecule is COC(C)(C)OC(C)OCc1ccccc1. The molecule has 1 unspecified atom stereocenters. The van der Waals surface area contributed by atoms with Crippen molar-refractivity contribution in [2.24, 2.45) is 0 Å². The van der Waals surface area contributed by atoms with Gasteiger partial charge >= 0.3 is 0 Å². The normalized spacial score (nSPS) is 13.8. The van der Waals surface area contributed by atoms with Gasteiger partial charge in [0.25, 0.3) is 0 Å². The summed E-state index contributed by atoms with van der Waals surface area (Å²) in [4.78, 5) is 0. The minimum absolute atomic E-state index is 0.296. The van der Waals surface area contributed by atoms with Crippen LogP contribution < -0.4 is 0 Å². The Labute approximate surface area is 97.3 Å². The summed E-state index contributed by atoms with van der Waals surface area (Å²) in [7, 11) is 1.61. The van der Waals surface area contributed by atoms with E-state index in [1.54, 1.807) is 7.11 Å². The molecule has 3 heteroatoms. The lowest BCUT2D eigenvalue weighted by atomic mass is 10.2. The maximum Gasteiger partial charge on any atom is 0.165 e. The smallest absolute Gasteiger partial charge is 0.165 e. The summed E-state index contributed by atoms with van der Waals surface area (Å²) in [5.41, 5.74) is 1.13. The Kier molecular flexibility index (Phi) is 4.93. The van der Waals surface area contributed by atoms with Crippen molar-refractivity contribution in [3.8, 4) is 0 Å². The van der Waals surface area contributed by atoms with Crippen LogP contribution in [0.2, 0.25) is 0 Å². The van der Waals surface area contributed by atoms with Gasteiger partial charge < -0.3 is 14.2 Å². The second-order valence-corrected chi connectivity index (χ2v) is 4.09. The fourth-order valence-corrected chi connectivity index (χ4v) is 1.27. The quantitative estimate of drug-likeness (QED) is 0.695. The van der Waals surface area contributed by atoms with Crippen molar-refractivity contribution in [1.29, 1.82) is 0 Å². The van der Waals surface area contributed by atoms with Crippen LogP contribution in [0.15, 0.2) is 30.3 Å². The highest BCUT2D eigenvalue weighted by Gasteiger charge is 2.20. The van der Waals surface area contributed by atoms with Crippen LogP contribution in [0.4, 0.5) is 0 Å². The molecular weight excluding hydrogens is 204 g/mol. The fraction of sp³-hybridized carbons (Fsp3) is 0.538. The van der Waals surface area contributed by atoms with Crippen molar-refractivity contribution in [3.63, 3.8) is 0 Å². The number of hydrogen-bond acceptors (Lipinski definition) is 3. The predicted molar refractivity (Wildman–Crippen MR) is 62.9 cm³/mol. The molecule has 0 aliphatic heterocycles. The summed E-state index contributed by atoms with van der Waals surface area (Å²) in [5, 5.41) is 0. The zero-order chi connectivity index (χ0) is 12.0.